The molecule has 0 aromatic carbocycles. The first kappa shape index (κ1) is 24.9. The molecule has 3 aromatic heterocycles. The minimum absolute atomic E-state index is 0.0396. The maximum atomic E-state index is 12.5. The lowest BCUT2D eigenvalue weighted by Crippen LogP contribution is -2.41. The largest absolute Gasteiger partial charge is 0.367 e. The molecule has 1 saturated heterocycles. The van der Waals surface area contributed by atoms with Gasteiger partial charge in [-0.2, -0.15) is 5.26 Å². The summed E-state index contributed by atoms with van der Waals surface area (Å²) in [5.74, 6) is 1.86. The molecule has 192 valence electrons. The Kier molecular flexibility index (Phi) is 7.79. The molecule has 0 unspecified atom stereocenters. The number of fused-ring (bicyclic) bond motifs is 1. The van der Waals surface area contributed by atoms with Crippen LogP contribution >= 0.6 is 0 Å². The zero-order valence-corrected chi connectivity index (χ0v) is 21.5. The van der Waals surface area contributed by atoms with Gasteiger partial charge in [0, 0.05) is 66.5 Å². The first-order valence-electron chi connectivity index (χ1n) is 13.6. The van der Waals surface area contributed by atoms with Crippen LogP contribution in [0.15, 0.2) is 36.8 Å². The lowest BCUT2D eigenvalue weighted by Gasteiger charge is -2.33. The van der Waals surface area contributed by atoms with Gasteiger partial charge in [-0.1, -0.05) is 26.2 Å². The quantitative estimate of drug-likeness (QED) is 0.470. The normalized spacial score (nSPS) is 16.9. The van der Waals surface area contributed by atoms with Crippen LogP contribution in [0.3, 0.4) is 0 Å². The minimum Gasteiger partial charge on any atom is -0.367 e. The second-order valence-corrected chi connectivity index (χ2v) is 10.2. The van der Waals surface area contributed by atoms with Gasteiger partial charge in [-0.05, 0) is 50.3 Å². The van der Waals surface area contributed by atoms with Crippen molar-refractivity contribution in [2.24, 2.45) is 5.92 Å². The second-order valence-electron chi connectivity index (χ2n) is 10.2. The highest BCUT2D eigenvalue weighted by Gasteiger charge is 2.27. The van der Waals surface area contributed by atoms with Crippen LogP contribution in [-0.2, 0) is 4.79 Å². The number of rotatable bonds is 7. The van der Waals surface area contributed by atoms with E-state index in [4.69, 9.17) is 4.98 Å². The number of hydrogen-bond acceptors (Lipinski definition) is 7. The smallest absolute Gasteiger partial charge is 0.223 e. The Balaban J connectivity index is 1.45. The molecule has 2 N–H and O–H groups in total. The Morgan fingerprint density at radius 1 is 1.14 bits per heavy atom. The minimum atomic E-state index is 0.0396. The van der Waals surface area contributed by atoms with Gasteiger partial charge in [0.1, 0.15) is 17.7 Å². The van der Waals surface area contributed by atoms with E-state index in [1.807, 2.05) is 24.4 Å². The van der Waals surface area contributed by atoms with E-state index < -0.39 is 0 Å². The molecule has 4 heterocycles. The van der Waals surface area contributed by atoms with Gasteiger partial charge in [0.05, 0.1) is 11.3 Å². The highest BCUT2D eigenvalue weighted by Crippen LogP contribution is 2.34. The molecule has 1 amide bonds. The van der Waals surface area contributed by atoms with E-state index in [0.29, 0.717) is 11.6 Å². The van der Waals surface area contributed by atoms with Gasteiger partial charge in [0.25, 0.3) is 0 Å². The summed E-state index contributed by atoms with van der Waals surface area (Å²) >= 11 is 0. The van der Waals surface area contributed by atoms with Gasteiger partial charge in [-0.3, -0.25) is 9.78 Å². The molecule has 2 aliphatic rings. The number of aromatic nitrogens is 3. The molecule has 0 spiro atoms. The molecule has 3 aromatic rings. The van der Waals surface area contributed by atoms with Crippen molar-refractivity contribution in [3.05, 3.63) is 42.4 Å². The molecular weight excluding hydrogens is 462 g/mol. The van der Waals surface area contributed by atoms with E-state index in [1.165, 1.54) is 19.3 Å². The molecule has 5 rings (SSSR count). The van der Waals surface area contributed by atoms with Crippen LogP contribution in [0.2, 0.25) is 0 Å². The molecule has 0 atom stereocenters. The molecule has 8 nitrogen and oxygen atoms in total. The average molecular weight is 498 g/mol. The SMILES string of the molecule is CCCNC(=O)C1CCN(c2nc(-c3cc(NC4CCCCC4)ncc3C#N)cc3cnccc23)CC1. The lowest BCUT2D eigenvalue weighted by molar-refractivity contribution is -0.125. The molecular formula is C29H35N7O. The standard InChI is InChI=1S/C29H35N7O/c1-2-11-32-29(37)20-9-13-36(14-10-20)28-24-8-12-31-18-21(24)15-26(35-28)25-16-27(33-19-22(25)17-30)34-23-6-4-3-5-7-23/h8,12,15-16,18-20,23H,2-7,9-11,13-14H2,1H3,(H,32,37)(H,33,34). The summed E-state index contributed by atoms with van der Waals surface area (Å²) in [6.45, 7) is 4.31. The molecule has 1 aliphatic carbocycles. The topological polar surface area (TPSA) is 107 Å². The van der Waals surface area contributed by atoms with E-state index in [1.54, 1.807) is 12.4 Å². The second kappa shape index (κ2) is 11.5. The summed E-state index contributed by atoms with van der Waals surface area (Å²) in [6.07, 6.45) is 13.9. The lowest BCUT2D eigenvalue weighted by atomic mass is 9.95. The predicted octanol–water partition coefficient (Wildman–Crippen LogP) is 5.05. The monoisotopic (exact) mass is 497 g/mol. The number of carbonyl (C=O) groups excluding carboxylic acids is 1. The summed E-state index contributed by atoms with van der Waals surface area (Å²) in [4.78, 5) is 28.7. The molecule has 2 fully saturated rings. The van der Waals surface area contributed by atoms with Gasteiger partial charge in [-0.15, -0.1) is 0 Å². The molecule has 0 radical (unpaired) electrons. The van der Waals surface area contributed by atoms with Crippen LogP contribution in [0.5, 0.6) is 0 Å². The third-order valence-corrected chi connectivity index (χ3v) is 7.58. The fourth-order valence-corrected chi connectivity index (χ4v) is 5.50. The van der Waals surface area contributed by atoms with Crippen LogP contribution in [0.1, 0.15) is 63.9 Å². The van der Waals surface area contributed by atoms with Crippen LogP contribution < -0.4 is 15.5 Å². The van der Waals surface area contributed by atoms with E-state index in [9.17, 15) is 10.1 Å². The maximum Gasteiger partial charge on any atom is 0.223 e. The van der Waals surface area contributed by atoms with Crippen molar-refractivity contribution in [1.29, 1.82) is 5.26 Å². The number of carbonyl (C=O) groups is 1. The third-order valence-electron chi connectivity index (χ3n) is 7.58. The zero-order valence-electron chi connectivity index (χ0n) is 21.5. The van der Waals surface area contributed by atoms with E-state index in [-0.39, 0.29) is 11.8 Å². The molecule has 8 heteroatoms. The van der Waals surface area contributed by atoms with E-state index in [0.717, 1.165) is 85.4 Å². The van der Waals surface area contributed by atoms with Crippen molar-refractivity contribution < 1.29 is 4.79 Å². The summed E-state index contributed by atoms with van der Waals surface area (Å²) in [5, 5.41) is 18.5. The van der Waals surface area contributed by atoms with Gasteiger partial charge in [0.15, 0.2) is 0 Å². The van der Waals surface area contributed by atoms with Crippen molar-refractivity contribution in [3.8, 4) is 17.3 Å². The summed E-state index contributed by atoms with van der Waals surface area (Å²) < 4.78 is 0. The molecule has 1 aliphatic heterocycles. The summed E-state index contributed by atoms with van der Waals surface area (Å²) in [7, 11) is 0. The number of anilines is 2. The van der Waals surface area contributed by atoms with Gasteiger partial charge in [0.2, 0.25) is 5.91 Å². The molecule has 1 saturated carbocycles. The van der Waals surface area contributed by atoms with Crippen LogP contribution in [-0.4, -0.2) is 46.5 Å². The van der Waals surface area contributed by atoms with Crippen molar-refractivity contribution in [2.45, 2.75) is 64.3 Å². The van der Waals surface area contributed by atoms with Crippen LogP contribution in [0.25, 0.3) is 22.0 Å². The van der Waals surface area contributed by atoms with Crippen molar-refractivity contribution in [1.82, 2.24) is 20.3 Å². The van der Waals surface area contributed by atoms with Gasteiger partial charge in [-0.25, -0.2) is 9.97 Å². The fraction of sp³-hybridized carbons (Fsp3) is 0.483. The third kappa shape index (κ3) is 5.66. The van der Waals surface area contributed by atoms with Crippen LogP contribution in [0, 0.1) is 17.2 Å². The van der Waals surface area contributed by atoms with Gasteiger partial charge < -0.3 is 15.5 Å². The van der Waals surface area contributed by atoms with Crippen molar-refractivity contribution >= 4 is 28.3 Å². The van der Waals surface area contributed by atoms with Crippen LogP contribution in [0.4, 0.5) is 11.6 Å². The number of amides is 1. The predicted molar refractivity (Wildman–Crippen MR) is 146 cm³/mol. The Hall–Kier alpha value is -3.73. The highest BCUT2D eigenvalue weighted by atomic mass is 16.1. The number of nitriles is 1. The number of nitrogens with one attached hydrogen (secondary N) is 2. The highest BCUT2D eigenvalue weighted by molar-refractivity contribution is 5.95. The van der Waals surface area contributed by atoms with Crippen molar-refractivity contribution in [3.63, 3.8) is 0 Å². The van der Waals surface area contributed by atoms with Crippen molar-refractivity contribution in [2.75, 3.05) is 29.9 Å². The maximum absolute atomic E-state index is 12.5. The number of piperidine rings is 1. The zero-order chi connectivity index (χ0) is 25.6. The first-order chi connectivity index (χ1) is 18.2. The number of pyridine rings is 3. The van der Waals surface area contributed by atoms with Gasteiger partial charge >= 0.3 is 0 Å². The number of hydrogen-bond donors (Lipinski definition) is 2. The summed E-state index contributed by atoms with van der Waals surface area (Å²) in [5.41, 5.74) is 2.02. The molecule has 37 heavy (non-hydrogen) atoms. The van der Waals surface area contributed by atoms with E-state index in [2.05, 4.69) is 38.5 Å². The Morgan fingerprint density at radius 2 is 1.95 bits per heavy atom. The molecule has 0 bridgehead atoms. The Bertz CT molecular complexity index is 1290. The summed E-state index contributed by atoms with van der Waals surface area (Å²) in [6, 6.07) is 8.69. The Morgan fingerprint density at radius 3 is 2.70 bits per heavy atom. The first-order valence-corrected chi connectivity index (χ1v) is 13.6. The fourth-order valence-electron chi connectivity index (χ4n) is 5.50. The average Bonchev–Trinajstić information content (AvgIpc) is 2.96. The number of nitrogens with zero attached hydrogens (tertiary/aromatic N) is 5. The Labute approximate surface area is 218 Å². The van der Waals surface area contributed by atoms with E-state index >= 15 is 0 Å².